The van der Waals surface area contributed by atoms with Crippen LogP contribution < -0.4 is 4.74 Å². The third kappa shape index (κ3) is 2.23. The molecule has 3 nitrogen and oxygen atoms in total. The van der Waals surface area contributed by atoms with Crippen molar-refractivity contribution in [1.82, 2.24) is 9.78 Å². The summed E-state index contributed by atoms with van der Waals surface area (Å²) in [6, 6.07) is 0. The second-order valence-electron chi connectivity index (χ2n) is 4.17. The summed E-state index contributed by atoms with van der Waals surface area (Å²) in [5, 5.41) is 4.37. The summed E-state index contributed by atoms with van der Waals surface area (Å²) in [6.07, 6.45) is 2.02. The second kappa shape index (κ2) is 3.40. The molecule has 74 valence electrons. The van der Waals surface area contributed by atoms with Crippen LogP contribution in [-0.4, -0.2) is 16.4 Å². The first-order valence-corrected chi connectivity index (χ1v) is 4.64. The third-order valence-corrected chi connectivity index (χ3v) is 1.82. The van der Waals surface area contributed by atoms with Gasteiger partial charge in [-0.05, 0) is 34.6 Å². The summed E-state index contributed by atoms with van der Waals surface area (Å²) in [4.78, 5) is 0. The van der Waals surface area contributed by atoms with Crippen molar-refractivity contribution in [2.24, 2.45) is 0 Å². The van der Waals surface area contributed by atoms with Crippen LogP contribution in [0.1, 0.15) is 33.3 Å². The summed E-state index contributed by atoms with van der Waals surface area (Å²) in [6.45, 7) is 11.0. The average molecular weight is 182 g/mol. The summed E-state index contributed by atoms with van der Waals surface area (Å²) in [7, 11) is 0. The van der Waals surface area contributed by atoms with Crippen molar-refractivity contribution in [2.45, 2.75) is 40.2 Å². The fraction of sp³-hybridized carbons (Fsp3) is 0.700. The first kappa shape index (κ1) is 10.1. The van der Waals surface area contributed by atoms with E-state index >= 15 is 0 Å². The maximum absolute atomic E-state index is 5.38. The van der Waals surface area contributed by atoms with Gasteiger partial charge in [-0.1, -0.05) is 0 Å². The molecule has 0 N–H and O–H groups in total. The zero-order chi connectivity index (χ0) is 10.1. The van der Waals surface area contributed by atoms with Crippen LogP contribution in [0.3, 0.4) is 0 Å². The number of aromatic nitrogens is 2. The summed E-state index contributed by atoms with van der Waals surface area (Å²) in [5.74, 6) is 0.748. The van der Waals surface area contributed by atoms with Gasteiger partial charge >= 0.3 is 0 Å². The first-order chi connectivity index (χ1) is 5.95. The number of nitrogens with zero attached hydrogens (tertiary/aromatic N) is 2. The molecular weight excluding hydrogens is 164 g/mol. The van der Waals surface area contributed by atoms with Crippen LogP contribution in [0, 0.1) is 6.92 Å². The quantitative estimate of drug-likeness (QED) is 0.702. The number of aryl methyl sites for hydroxylation is 1. The highest BCUT2D eigenvalue weighted by molar-refractivity contribution is 5.21. The lowest BCUT2D eigenvalue weighted by Gasteiger charge is -2.18. The van der Waals surface area contributed by atoms with Gasteiger partial charge in [-0.15, -0.1) is 5.10 Å². The van der Waals surface area contributed by atoms with Gasteiger partial charge in [-0.2, -0.15) is 0 Å². The van der Waals surface area contributed by atoms with Gasteiger partial charge in [-0.25, -0.2) is 0 Å². The number of rotatable bonds is 2. The SMILES string of the molecule is CCOc1nn(C(C)(C)C)cc1C. The van der Waals surface area contributed by atoms with Gasteiger partial charge in [-0.3, -0.25) is 4.68 Å². The smallest absolute Gasteiger partial charge is 0.235 e. The van der Waals surface area contributed by atoms with Gasteiger partial charge in [0, 0.05) is 11.8 Å². The molecule has 0 bridgehead atoms. The maximum Gasteiger partial charge on any atom is 0.235 e. The van der Waals surface area contributed by atoms with E-state index in [9.17, 15) is 0 Å². The first-order valence-electron chi connectivity index (χ1n) is 4.64. The highest BCUT2D eigenvalue weighted by atomic mass is 16.5. The summed E-state index contributed by atoms with van der Waals surface area (Å²) < 4.78 is 7.32. The molecule has 3 heteroatoms. The van der Waals surface area contributed by atoms with Gasteiger partial charge in [0.15, 0.2) is 0 Å². The minimum Gasteiger partial charge on any atom is -0.477 e. The van der Waals surface area contributed by atoms with Gasteiger partial charge < -0.3 is 4.74 Å². The monoisotopic (exact) mass is 182 g/mol. The Bertz CT molecular complexity index is 284. The molecule has 1 aromatic rings. The predicted molar refractivity (Wildman–Crippen MR) is 53.1 cm³/mol. The molecule has 0 fully saturated rings. The fourth-order valence-corrected chi connectivity index (χ4v) is 1.07. The molecule has 0 aliphatic heterocycles. The molecule has 1 aromatic heterocycles. The van der Waals surface area contributed by atoms with E-state index in [4.69, 9.17) is 4.74 Å². The normalized spacial score (nSPS) is 11.8. The van der Waals surface area contributed by atoms with Crippen LogP contribution in [0.2, 0.25) is 0 Å². The van der Waals surface area contributed by atoms with E-state index in [0.29, 0.717) is 6.61 Å². The lowest BCUT2D eigenvalue weighted by molar-refractivity contribution is 0.298. The largest absolute Gasteiger partial charge is 0.477 e. The molecule has 0 saturated heterocycles. The van der Waals surface area contributed by atoms with E-state index in [-0.39, 0.29) is 5.54 Å². The summed E-state index contributed by atoms with van der Waals surface area (Å²) in [5.41, 5.74) is 1.12. The predicted octanol–water partition coefficient (Wildman–Crippen LogP) is 2.35. The van der Waals surface area contributed by atoms with E-state index in [1.54, 1.807) is 0 Å². The second-order valence-corrected chi connectivity index (χ2v) is 4.17. The lowest BCUT2D eigenvalue weighted by Crippen LogP contribution is -2.22. The molecule has 0 saturated carbocycles. The zero-order valence-corrected chi connectivity index (χ0v) is 9.09. The molecule has 0 radical (unpaired) electrons. The van der Waals surface area contributed by atoms with Crippen molar-refractivity contribution in [3.8, 4) is 5.88 Å². The van der Waals surface area contributed by atoms with Crippen LogP contribution in [-0.2, 0) is 5.54 Å². The number of hydrogen-bond acceptors (Lipinski definition) is 2. The molecule has 0 aliphatic carbocycles. The van der Waals surface area contributed by atoms with E-state index < -0.39 is 0 Å². The van der Waals surface area contributed by atoms with Gasteiger partial charge in [0.2, 0.25) is 5.88 Å². The highest BCUT2D eigenvalue weighted by Crippen LogP contribution is 2.20. The molecular formula is C10H18N2O. The Morgan fingerprint density at radius 3 is 2.46 bits per heavy atom. The Morgan fingerprint density at radius 1 is 1.46 bits per heavy atom. The van der Waals surface area contributed by atoms with Crippen molar-refractivity contribution >= 4 is 0 Å². The average Bonchev–Trinajstić information content (AvgIpc) is 2.32. The van der Waals surface area contributed by atoms with Gasteiger partial charge in [0.25, 0.3) is 0 Å². The fourth-order valence-electron chi connectivity index (χ4n) is 1.07. The Morgan fingerprint density at radius 2 is 2.08 bits per heavy atom. The lowest BCUT2D eigenvalue weighted by atomic mass is 10.1. The van der Waals surface area contributed by atoms with Crippen LogP contribution in [0.4, 0.5) is 0 Å². The Balaban J connectivity index is 2.95. The zero-order valence-electron chi connectivity index (χ0n) is 9.09. The van der Waals surface area contributed by atoms with Crippen LogP contribution >= 0.6 is 0 Å². The summed E-state index contributed by atoms with van der Waals surface area (Å²) >= 11 is 0. The number of ether oxygens (including phenoxy) is 1. The minimum atomic E-state index is 0.0279. The molecule has 0 aliphatic rings. The van der Waals surface area contributed by atoms with Crippen LogP contribution in [0.5, 0.6) is 5.88 Å². The molecule has 0 amide bonds. The molecule has 0 spiro atoms. The number of hydrogen-bond donors (Lipinski definition) is 0. The topological polar surface area (TPSA) is 27.1 Å². The van der Waals surface area contributed by atoms with Crippen molar-refractivity contribution < 1.29 is 4.74 Å². The van der Waals surface area contributed by atoms with Crippen molar-refractivity contribution in [2.75, 3.05) is 6.61 Å². The minimum absolute atomic E-state index is 0.0279. The Hall–Kier alpha value is -0.990. The van der Waals surface area contributed by atoms with Crippen molar-refractivity contribution in [1.29, 1.82) is 0 Å². The third-order valence-electron chi connectivity index (χ3n) is 1.82. The van der Waals surface area contributed by atoms with Crippen LogP contribution in [0.25, 0.3) is 0 Å². The van der Waals surface area contributed by atoms with Crippen molar-refractivity contribution in [3.63, 3.8) is 0 Å². The van der Waals surface area contributed by atoms with Crippen molar-refractivity contribution in [3.05, 3.63) is 11.8 Å². The van der Waals surface area contributed by atoms with Gasteiger partial charge in [0.1, 0.15) is 0 Å². The van der Waals surface area contributed by atoms with E-state index in [1.165, 1.54) is 0 Å². The maximum atomic E-state index is 5.38. The molecule has 0 unspecified atom stereocenters. The van der Waals surface area contributed by atoms with E-state index in [2.05, 4.69) is 25.9 Å². The van der Waals surface area contributed by atoms with E-state index in [0.717, 1.165) is 11.4 Å². The van der Waals surface area contributed by atoms with Crippen LogP contribution in [0.15, 0.2) is 6.20 Å². The standard InChI is InChI=1S/C10H18N2O/c1-6-13-9-8(2)7-12(11-9)10(3,4)5/h7H,6H2,1-5H3. The van der Waals surface area contributed by atoms with E-state index in [1.807, 2.05) is 24.7 Å². The molecule has 1 rings (SSSR count). The molecule has 1 heterocycles. The Labute approximate surface area is 79.7 Å². The Kier molecular flexibility index (Phi) is 2.64. The molecule has 0 atom stereocenters. The molecule has 0 aromatic carbocycles. The molecule has 13 heavy (non-hydrogen) atoms. The van der Waals surface area contributed by atoms with Gasteiger partial charge in [0.05, 0.1) is 12.1 Å². The highest BCUT2D eigenvalue weighted by Gasteiger charge is 2.16.